The van der Waals surface area contributed by atoms with E-state index in [2.05, 4.69) is 0 Å². The number of carbonyl (C=O) groups is 4. The fraction of sp³-hybridized carbons (Fsp3) is 0.0769. The molecule has 0 aliphatic rings. The maximum absolute atomic E-state index is 13.2. The molecule has 7 nitrogen and oxygen atoms in total. The van der Waals surface area contributed by atoms with Gasteiger partial charge in [0.05, 0.1) is 28.9 Å². The van der Waals surface area contributed by atoms with Gasteiger partial charge < -0.3 is 14.2 Å². The monoisotopic (exact) mass is 441 g/mol. The minimum Gasteiger partial charge on any atom is -0.507 e. The van der Waals surface area contributed by atoms with Gasteiger partial charge in [0, 0.05) is 22.9 Å². The second-order valence-corrected chi connectivity index (χ2v) is 7.25. The predicted molar refractivity (Wildman–Crippen MR) is 120 cm³/mol. The standard InChI is InChI=1S/C26H19NO6/c1-2-33-26(32)20-14-22(25(31)17-8-9-23(29)19(12-17)15-28)27-11-10-18(13-21(20)27)24(30)16-6-4-3-5-7-16/h3-15,29H,2H2,1H3. The maximum Gasteiger partial charge on any atom is 0.340 e. The van der Waals surface area contributed by atoms with E-state index in [0.29, 0.717) is 22.9 Å². The van der Waals surface area contributed by atoms with Crippen molar-refractivity contribution in [2.75, 3.05) is 6.61 Å². The first-order valence-electron chi connectivity index (χ1n) is 10.2. The molecule has 4 rings (SSSR count). The Labute approximate surface area is 188 Å². The van der Waals surface area contributed by atoms with E-state index in [0.717, 1.165) is 0 Å². The van der Waals surface area contributed by atoms with Crippen molar-refractivity contribution in [3.05, 3.63) is 106 Å². The zero-order valence-electron chi connectivity index (χ0n) is 17.6. The number of ether oxygens (including phenoxy) is 1. The zero-order valence-corrected chi connectivity index (χ0v) is 17.6. The smallest absolute Gasteiger partial charge is 0.340 e. The van der Waals surface area contributed by atoms with E-state index < -0.39 is 11.8 Å². The number of aromatic hydroxyl groups is 1. The molecule has 0 bridgehead atoms. The number of esters is 1. The Morgan fingerprint density at radius 2 is 1.64 bits per heavy atom. The third-order valence-corrected chi connectivity index (χ3v) is 5.21. The average Bonchev–Trinajstić information content (AvgIpc) is 3.23. The highest BCUT2D eigenvalue weighted by molar-refractivity contribution is 6.13. The van der Waals surface area contributed by atoms with Crippen LogP contribution in [0.2, 0.25) is 0 Å². The number of nitrogens with zero attached hydrogens (tertiary/aromatic N) is 1. The van der Waals surface area contributed by atoms with E-state index in [1.54, 1.807) is 49.5 Å². The number of aldehydes is 1. The summed E-state index contributed by atoms with van der Waals surface area (Å²) in [5.41, 5.74) is 1.61. The number of hydrogen-bond acceptors (Lipinski definition) is 6. The van der Waals surface area contributed by atoms with E-state index in [9.17, 15) is 24.3 Å². The van der Waals surface area contributed by atoms with Gasteiger partial charge in [-0.15, -0.1) is 0 Å². The van der Waals surface area contributed by atoms with E-state index >= 15 is 0 Å². The van der Waals surface area contributed by atoms with Gasteiger partial charge >= 0.3 is 5.97 Å². The minimum absolute atomic E-state index is 0.0249. The Balaban J connectivity index is 1.86. The van der Waals surface area contributed by atoms with Crippen molar-refractivity contribution in [1.82, 2.24) is 4.40 Å². The van der Waals surface area contributed by atoms with Crippen molar-refractivity contribution < 1.29 is 29.0 Å². The van der Waals surface area contributed by atoms with E-state index in [1.807, 2.05) is 6.07 Å². The number of fused-ring (bicyclic) bond motifs is 1. The molecule has 4 aromatic rings. The molecule has 0 fully saturated rings. The van der Waals surface area contributed by atoms with Crippen molar-refractivity contribution >= 4 is 29.3 Å². The molecule has 0 spiro atoms. The van der Waals surface area contributed by atoms with Gasteiger partial charge in [0.2, 0.25) is 5.78 Å². The quantitative estimate of drug-likeness (QED) is 0.263. The van der Waals surface area contributed by atoms with Crippen LogP contribution >= 0.6 is 0 Å². The summed E-state index contributed by atoms with van der Waals surface area (Å²) in [7, 11) is 0. The van der Waals surface area contributed by atoms with Crippen LogP contribution in [0.15, 0.2) is 72.9 Å². The van der Waals surface area contributed by atoms with Crippen molar-refractivity contribution in [2.45, 2.75) is 6.92 Å². The van der Waals surface area contributed by atoms with Crippen molar-refractivity contribution in [2.24, 2.45) is 0 Å². The molecule has 0 atom stereocenters. The highest BCUT2D eigenvalue weighted by Crippen LogP contribution is 2.25. The lowest BCUT2D eigenvalue weighted by molar-refractivity contribution is 0.0528. The summed E-state index contributed by atoms with van der Waals surface area (Å²) in [6, 6.07) is 17.2. The van der Waals surface area contributed by atoms with Crippen LogP contribution in [0.4, 0.5) is 0 Å². The molecule has 164 valence electrons. The van der Waals surface area contributed by atoms with Crippen molar-refractivity contribution in [1.29, 1.82) is 0 Å². The lowest BCUT2D eigenvalue weighted by Gasteiger charge is -2.07. The van der Waals surface area contributed by atoms with E-state index in [1.165, 1.54) is 28.7 Å². The summed E-state index contributed by atoms with van der Waals surface area (Å²) in [4.78, 5) is 49.9. The van der Waals surface area contributed by atoms with Crippen LogP contribution in [-0.2, 0) is 4.74 Å². The van der Waals surface area contributed by atoms with Gasteiger partial charge in [0.25, 0.3) is 0 Å². The third-order valence-electron chi connectivity index (χ3n) is 5.21. The molecule has 0 radical (unpaired) electrons. The summed E-state index contributed by atoms with van der Waals surface area (Å²) in [5, 5.41) is 9.73. The predicted octanol–water partition coefficient (Wildman–Crippen LogP) is 4.10. The van der Waals surface area contributed by atoms with Gasteiger partial charge in [-0.05, 0) is 43.3 Å². The molecule has 2 heterocycles. The fourth-order valence-electron chi connectivity index (χ4n) is 3.58. The van der Waals surface area contributed by atoms with Gasteiger partial charge in [0.15, 0.2) is 12.1 Å². The first-order chi connectivity index (χ1) is 15.9. The van der Waals surface area contributed by atoms with Gasteiger partial charge in [-0.1, -0.05) is 30.3 Å². The molecule has 2 aromatic carbocycles. The van der Waals surface area contributed by atoms with Gasteiger partial charge in [-0.2, -0.15) is 0 Å². The third kappa shape index (κ3) is 4.04. The Bertz CT molecular complexity index is 1400. The lowest BCUT2D eigenvalue weighted by Crippen LogP contribution is -2.07. The normalized spacial score (nSPS) is 10.7. The fourth-order valence-corrected chi connectivity index (χ4v) is 3.58. The van der Waals surface area contributed by atoms with Crippen LogP contribution in [0, 0.1) is 0 Å². The molecule has 7 heteroatoms. The lowest BCUT2D eigenvalue weighted by atomic mass is 10.0. The summed E-state index contributed by atoms with van der Waals surface area (Å²) in [6.45, 7) is 1.81. The number of carbonyl (C=O) groups excluding carboxylic acids is 4. The summed E-state index contributed by atoms with van der Waals surface area (Å²) in [6.07, 6.45) is 2.00. The second kappa shape index (κ2) is 8.92. The Hall–Kier alpha value is -4.52. The number of hydrogen-bond donors (Lipinski definition) is 1. The molecule has 0 unspecified atom stereocenters. The number of phenolic OH excluding ortho intramolecular Hbond substituents is 1. The number of benzene rings is 2. The number of phenols is 1. The molecule has 2 aromatic heterocycles. The molecule has 0 aliphatic heterocycles. The highest BCUT2D eigenvalue weighted by Gasteiger charge is 2.23. The second-order valence-electron chi connectivity index (χ2n) is 7.25. The summed E-state index contributed by atoms with van der Waals surface area (Å²) < 4.78 is 6.65. The topological polar surface area (TPSA) is 102 Å². The zero-order chi connectivity index (χ0) is 23.5. The van der Waals surface area contributed by atoms with E-state index in [4.69, 9.17) is 4.74 Å². The van der Waals surface area contributed by atoms with Gasteiger partial charge in [-0.3, -0.25) is 14.4 Å². The molecule has 0 saturated carbocycles. The Morgan fingerprint density at radius 1 is 0.909 bits per heavy atom. The van der Waals surface area contributed by atoms with Gasteiger partial charge in [-0.25, -0.2) is 4.79 Å². The molecular formula is C26H19NO6. The average molecular weight is 441 g/mol. The maximum atomic E-state index is 13.2. The number of aromatic nitrogens is 1. The van der Waals surface area contributed by atoms with Crippen LogP contribution in [-0.4, -0.2) is 39.9 Å². The minimum atomic E-state index is -0.627. The van der Waals surface area contributed by atoms with Crippen molar-refractivity contribution in [3.63, 3.8) is 0 Å². The highest BCUT2D eigenvalue weighted by atomic mass is 16.5. The summed E-state index contributed by atoms with van der Waals surface area (Å²) in [5.74, 6) is -1.56. The van der Waals surface area contributed by atoms with Crippen LogP contribution in [0.1, 0.15) is 59.6 Å². The van der Waals surface area contributed by atoms with Gasteiger partial charge in [0.1, 0.15) is 5.75 Å². The largest absolute Gasteiger partial charge is 0.507 e. The molecule has 1 N–H and O–H groups in total. The Morgan fingerprint density at radius 3 is 2.33 bits per heavy atom. The molecule has 0 saturated heterocycles. The SMILES string of the molecule is CCOC(=O)c1cc(C(=O)c2ccc(O)c(C=O)c2)n2ccc(C(=O)c3ccccc3)cc12. The van der Waals surface area contributed by atoms with Crippen LogP contribution in [0.3, 0.4) is 0 Å². The molecule has 0 aliphatic carbocycles. The molecule has 0 amide bonds. The van der Waals surface area contributed by atoms with Crippen molar-refractivity contribution in [3.8, 4) is 5.75 Å². The Kier molecular flexibility index (Phi) is 5.87. The number of pyridine rings is 1. The summed E-state index contributed by atoms with van der Waals surface area (Å²) >= 11 is 0. The van der Waals surface area contributed by atoms with Crippen LogP contribution < -0.4 is 0 Å². The molecule has 33 heavy (non-hydrogen) atoms. The first kappa shape index (κ1) is 21.7. The van der Waals surface area contributed by atoms with Crippen LogP contribution in [0.25, 0.3) is 5.52 Å². The molecular weight excluding hydrogens is 422 g/mol. The van der Waals surface area contributed by atoms with E-state index in [-0.39, 0.29) is 40.5 Å². The van der Waals surface area contributed by atoms with Crippen LogP contribution in [0.5, 0.6) is 5.75 Å². The number of rotatable bonds is 7. The number of ketones is 2. The first-order valence-corrected chi connectivity index (χ1v) is 10.2.